The molecule has 2 heterocycles. The van der Waals surface area contributed by atoms with Crippen LogP contribution in [0.2, 0.25) is 5.02 Å². The molecule has 0 radical (unpaired) electrons. The molecule has 1 aromatic carbocycles. The average Bonchev–Trinajstić information content (AvgIpc) is 2.95. The normalized spacial score (nSPS) is 18.4. The lowest BCUT2D eigenvalue weighted by atomic mass is 10.0. The number of nitrogen functional groups attached to an aromatic ring is 1. The van der Waals surface area contributed by atoms with Crippen LogP contribution in [0.3, 0.4) is 0 Å². The summed E-state index contributed by atoms with van der Waals surface area (Å²) < 4.78 is 19.1. The monoisotopic (exact) mass is 293 g/mol. The molecule has 0 saturated carbocycles. The first-order valence-electron chi connectivity index (χ1n) is 6.31. The second-order valence-corrected chi connectivity index (χ2v) is 5.19. The Morgan fingerprint density at radius 3 is 2.85 bits per heavy atom. The number of halogens is 2. The zero-order chi connectivity index (χ0) is 14.1. The van der Waals surface area contributed by atoms with Crippen molar-refractivity contribution in [2.75, 3.05) is 18.9 Å². The van der Waals surface area contributed by atoms with Crippen molar-refractivity contribution in [2.24, 2.45) is 0 Å². The van der Waals surface area contributed by atoms with Crippen LogP contribution in [0, 0.1) is 5.82 Å². The summed E-state index contributed by atoms with van der Waals surface area (Å²) in [5, 5.41) is 8.65. The molecule has 1 saturated heterocycles. The minimum Gasteiger partial charge on any atom is -0.397 e. The van der Waals surface area contributed by atoms with Crippen LogP contribution in [-0.2, 0) is 4.74 Å². The third-order valence-corrected chi connectivity index (χ3v) is 3.61. The molecule has 1 aliphatic heterocycles. The van der Waals surface area contributed by atoms with E-state index in [1.54, 1.807) is 6.07 Å². The van der Waals surface area contributed by atoms with Crippen molar-refractivity contribution in [3.05, 3.63) is 40.8 Å². The van der Waals surface area contributed by atoms with Crippen molar-refractivity contribution in [2.45, 2.75) is 12.3 Å². The maximum atomic E-state index is 13.8. The molecule has 0 spiro atoms. The lowest BCUT2D eigenvalue weighted by molar-refractivity contribution is 0.193. The van der Waals surface area contributed by atoms with Gasteiger partial charge in [-0.15, -0.1) is 5.10 Å². The SMILES string of the molecule is Nc1cc(-c2cc(Cl)ccc2F)nnc1C1CCOC1. The quantitative estimate of drug-likeness (QED) is 0.924. The molecule has 3 rings (SSSR count). The summed E-state index contributed by atoms with van der Waals surface area (Å²) in [6.07, 6.45) is 0.879. The van der Waals surface area contributed by atoms with E-state index in [4.69, 9.17) is 22.1 Å². The molecule has 0 aliphatic carbocycles. The molecule has 1 aromatic heterocycles. The molecule has 6 heteroatoms. The smallest absolute Gasteiger partial charge is 0.132 e. The van der Waals surface area contributed by atoms with E-state index in [1.807, 2.05) is 0 Å². The molecular weight excluding hydrogens is 281 g/mol. The lowest BCUT2D eigenvalue weighted by Gasteiger charge is -2.11. The van der Waals surface area contributed by atoms with Crippen LogP contribution in [0.25, 0.3) is 11.3 Å². The second kappa shape index (κ2) is 5.34. The second-order valence-electron chi connectivity index (χ2n) is 4.75. The minimum atomic E-state index is -0.403. The molecule has 2 aromatic rings. The van der Waals surface area contributed by atoms with E-state index in [0.717, 1.165) is 6.42 Å². The van der Waals surface area contributed by atoms with Gasteiger partial charge in [-0.2, -0.15) is 5.10 Å². The lowest BCUT2D eigenvalue weighted by Crippen LogP contribution is -2.08. The summed E-state index contributed by atoms with van der Waals surface area (Å²) in [5.74, 6) is -0.235. The van der Waals surface area contributed by atoms with Crippen LogP contribution in [0.5, 0.6) is 0 Å². The third-order valence-electron chi connectivity index (χ3n) is 3.37. The fourth-order valence-corrected chi connectivity index (χ4v) is 2.48. The number of nitrogens with zero attached hydrogens (tertiary/aromatic N) is 2. The topological polar surface area (TPSA) is 61.0 Å². The summed E-state index contributed by atoms with van der Waals surface area (Å²) in [6.45, 7) is 1.31. The molecule has 1 fully saturated rings. The molecule has 1 aliphatic rings. The van der Waals surface area contributed by atoms with Gasteiger partial charge >= 0.3 is 0 Å². The highest BCUT2D eigenvalue weighted by molar-refractivity contribution is 6.30. The Morgan fingerprint density at radius 2 is 2.15 bits per heavy atom. The fourth-order valence-electron chi connectivity index (χ4n) is 2.31. The van der Waals surface area contributed by atoms with Crippen LogP contribution in [0.4, 0.5) is 10.1 Å². The van der Waals surface area contributed by atoms with E-state index in [9.17, 15) is 4.39 Å². The molecule has 1 unspecified atom stereocenters. The van der Waals surface area contributed by atoms with Crippen LogP contribution in [0.1, 0.15) is 18.0 Å². The van der Waals surface area contributed by atoms with Crippen molar-refractivity contribution in [3.63, 3.8) is 0 Å². The molecule has 20 heavy (non-hydrogen) atoms. The molecule has 0 bridgehead atoms. The number of hydrogen-bond acceptors (Lipinski definition) is 4. The predicted molar refractivity (Wildman–Crippen MR) is 75.0 cm³/mol. The Hall–Kier alpha value is -1.72. The zero-order valence-electron chi connectivity index (χ0n) is 10.6. The van der Waals surface area contributed by atoms with E-state index in [0.29, 0.717) is 40.9 Å². The number of anilines is 1. The highest BCUT2D eigenvalue weighted by Gasteiger charge is 2.22. The standard InChI is InChI=1S/C14H13ClFN3O/c15-9-1-2-11(16)10(5-9)13-6-12(17)14(19-18-13)8-3-4-20-7-8/h1-2,5-6,8H,3-4,7H2,(H2,17,18). The van der Waals surface area contributed by atoms with Gasteiger partial charge in [-0.3, -0.25) is 0 Å². The first kappa shape index (κ1) is 13.3. The maximum Gasteiger partial charge on any atom is 0.132 e. The highest BCUT2D eigenvalue weighted by Crippen LogP contribution is 2.31. The molecule has 2 N–H and O–H groups in total. The van der Waals surface area contributed by atoms with Gasteiger partial charge in [0, 0.05) is 23.1 Å². The fraction of sp³-hybridized carbons (Fsp3) is 0.286. The van der Waals surface area contributed by atoms with E-state index in [2.05, 4.69) is 10.2 Å². The number of aromatic nitrogens is 2. The predicted octanol–water partition coefficient (Wildman–Crippen LogP) is 3.02. The van der Waals surface area contributed by atoms with E-state index < -0.39 is 5.82 Å². The van der Waals surface area contributed by atoms with Crippen LogP contribution >= 0.6 is 11.6 Å². The Labute approximate surface area is 120 Å². The van der Waals surface area contributed by atoms with Gasteiger partial charge in [0.25, 0.3) is 0 Å². The highest BCUT2D eigenvalue weighted by atomic mass is 35.5. The number of hydrogen-bond donors (Lipinski definition) is 1. The largest absolute Gasteiger partial charge is 0.397 e. The van der Waals surface area contributed by atoms with Crippen molar-refractivity contribution < 1.29 is 9.13 Å². The van der Waals surface area contributed by atoms with Gasteiger partial charge < -0.3 is 10.5 Å². The van der Waals surface area contributed by atoms with Crippen molar-refractivity contribution >= 4 is 17.3 Å². The third kappa shape index (κ3) is 2.46. The summed E-state index contributed by atoms with van der Waals surface area (Å²) in [4.78, 5) is 0. The van der Waals surface area contributed by atoms with Gasteiger partial charge in [-0.1, -0.05) is 11.6 Å². The van der Waals surface area contributed by atoms with E-state index in [-0.39, 0.29) is 5.92 Å². The molecule has 0 amide bonds. The molecule has 4 nitrogen and oxygen atoms in total. The Morgan fingerprint density at radius 1 is 1.30 bits per heavy atom. The number of ether oxygens (including phenoxy) is 1. The zero-order valence-corrected chi connectivity index (χ0v) is 11.4. The maximum absolute atomic E-state index is 13.8. The van der Waals surface area contributed by atoms with Crippen LogP contribution < -0.4 is 5.73 Å². The first-order valence-corrected chi connectivity index (χ1v) is 6.69. The summed E-state index contributed by atoms with van der Waals surface area (Å²) in [6, 6.07) is 5.93. The van der Waals surface area contributed by atoms with Crippen molar-refractivity contribution in [1.29, 1.82) is 0 Å². The summed E-state index contributed by atoms with van der Waals surface area (Å²) >= 11 is 5.88. The van der Waals surface area contributed by atoms with Crippen molar-refractivity contribution in [1.82, 2.24) is 10.2 Å². The summed E-state index contributed by atoms with van der Waals surface area (Å²) in [7, 11) is 0. The van der Waals surface area contributed by atoms with Gasteiger partial charge in [0.2, 0.25) is 0 Å². The Kier molecular flexibility index (Phi) is 3.54. The average molecular weight is 294 g/mol. The first-order chi connectivity index (χ1) is 9.65. The number of nitrogens with two attached hydrogens (primary N) is 1. The van der Waals surface area contributed by atoms with Gasteiger partial charge in [-0.25, -0.2) is 4.39 Å². The van der Waals surface area contributed by atoms with E-state index in [1.165, 1.54) is 18.2 Å². The molecule has 104 valence electrons. The van der Waals surface area contributed by atoms with Crippen molar-refractivity contribution in [3.8, 4) is 11.3 Å². The van der Waals surface area contributed by atoms with Gasteiger partial charge in [0.1, 0.15) is 5.82 Å². The van der Waals surface area contributed by atoms with Gasteiger partial charge in [0.15, 0.2) is 0 Å². The number of rotatable bonds is 2. The van der Waals surface area contributed by atoms with Gasteiger partial charge in [-0.05, 0) is 30.7 Å². The van der Waals surface area contributed by atoms with Crippen LogP contribution in [-0.4, -0.2) is 23.4 Å². The van der Waals surface area contributed by atoms with Crippen LogP contribution in [0.15, 0.2) is 24.3 Å². The Balaban J connectivity index is 1.99. The molecule has 1 atom stereocenters. The molecular formula is C14H13ClFN3O. The summed E-state index contributed by atoms with van der Waals surface area (Å²) in [5.41, 5.74) is 7.91. The minimum absolute atomic E-state index is 0.167. The Bertz CT molecular complexity index is 644. The number of benzene rings is 1. The van der Waals surface area contributed by atoms with Gasteiger partial charge in [0.05, 0.1) is 23.7 Å². The van der Waals surface area contributed by atoms with E-state index >= 15 is 0 Å².